The van der Waals surface area contributed by atoms with Crippen molar-refractivity contribution in [3.8, 4) is 0 Å². The molecule has 7 nitrogen and oxygen atoms in total. The van der Waals surface area contributed by atoms with E-state index in [0.29, 0.717) is 18.3 Å². The maximum absolute atomic E-state index is 12.2. The topological polar surface area (TPSA) is 75.1 Å². The number of rotatable bonds is 6. The molecule has 0 unspecified atom stereocenters. The minimum atomic E-state index is -0.106. The van der Waals surface area contributed by atoms with Crippen LogP contribution in [-0.2, 0) is 0 Å². The highest BCUT2D eigenvalue weighted by atomic mass is 35.5. The Kier molecular flexibility index (Phi) is 11.1. The van der Waals surface area contributed by atoms with Crippen molar-refractivity contribution in [3.05, 3.63) is 11.9 Å². The summed E-state index contributed by atoms with van der Waals surface area (Å²) in [6.07, 6.45) is 10.2. The van der Waals surface area contributed by atoms with Crippen LogP contribution in [0.25, 0.3) is 0 Å². The minimum absolute atomic E-state index is 0. The summed E-state index contributed by atoms with van der Waals surface area (Å²) in [5.74, 6) is -0.106. The Labute approximate surface area is 168 Å². The number of carbonyl (C=O) groups is 1. The van der Waals surface area contributed by atoms with E-state index in [4.69, 9.17) is 0 Å². The molecule has 0 atom stereocenters. The normalized spacial score (nSPS) is 19.1. The second-order valence-corrected chi connectivity index (χ2v) is 6.93. The molecule has 1 aromatic heterocycles. The van der Waals surface area contributed by atoms with E-state index in [2.05, 4.69) is 25.8 Å². The van der Waals surface area contributed by atoms with Gasteiger partial charge in [-0.3, -0.25) is 4.79 Å². The first-order chi connectivity index (χ1) is 11.8. The van der Waals surface area contributed by atoms with Gasteiger partial charge in [-0.05, 0) is 64.8 Å². The largest absolute Gasteiger partial charge is 0.351 e. The molecular weight excluding hydrogens is 375 g/mol. The lowest BCUT2D eigenvalue weighted by molar-refractivity contribution is 0.0946. The third kappa shape index (κ3) is 7.02. The molecule has 26 heavy (non-hydrogen) atoms. The third-order valence-corrected chi connectivity index (χ3v) is 5.06. The maximum atomic E-state index is 12.2. The molecule has 2 aliphatic heterocycles. The number of nitrogens with zero attached hydrogens (tertiary/aromatic N) is 4. The fourth-order valence-electron chi connectivity index (χ4n) is 3.59. The molecule has 0 bridgehead atoms. The summed E-state index contributed by atoms with van der Waals surface area (Å²) in [6.45, 7) is 6.19. The Morgan fingerprint density at radius 3 is 2.54 bits per heavy atom. The van der Waals surface area contributed by atoms with Crippen molar-refractivity contribution in [3.63, 3.8) is 0 Å². The molecular formula is C17H32Cl2N6O. The summed E-state index contributed by atoms with van der Waals surface area (Å²) < 4.78 is 1.85. The Balaban J connectivity index is 0.00000169. The van der Waals surface area contributed by atoms with Crippen LogP contribution in [0, 0.1) is 0 Å². The lowest BCUT2D eigenvalue weighted by Crippen LogP contribution is -2.31. The number of carbonyl (C=O) groups excluding carboxylic acids is 1. The molecule has 0 spiro atoms. The van der Waals surface area contributed by atoms with Gasteiger partial charge in [0.25, 0.3) is 5.91 Å². The highest BCUT2D eigenvalue weighted by Gasteiger charge is 2.18. The first kappa shape index (κ1) is 23.1. The average Bonchev–Trinajstić information content (AvgIpc) is 2.97. The molecule has 2 fully saturated rings. The van der Waals surface area contributed by atoms with Crippen LogP contribution in [0.1, 0.15) is 61.5 Å². The molecule has 0 radical (unpaired) electrons. The van der Waals surface area contributed by atoms with Gasteiger partial charge >= 0.3 is 0 Å². The zero-order chi connectivity index (χ0) is 16.6. The zero-order valence-corrected chi connectivity index (χ0v) is 17.0. The van der Waals surface area contributed by atoms with Gasteiger partial charge < -0.3 is 15.5 Å². The van der Waals surface area contributed by atoms with Gasteiger partial charge in [0.05, 0.1) is 12.2 Å². The summed E-state index contributed by atoms with van der Waals surface area (Å²) in [4.78, 5) is 14.7. The van der Waals surface area contributed by atoms with Crippen LogP contribution in [0.15, 0.2) is 6.20 Å². The maximum Gasteiger partial charge on any atom is 0.273 e. The van der Waals surface area contributed by atoms with Gasteiger partial charge in [0, 0.05) is 6.54 Å². The highest BCUT2D eigenvalue weighted by Crippen LogP contribution is 2.17. The molecule has 1 amide bonds. The van der Waals surface area contributed by atoms with Crippen LogP contribution in [0.2, 0.25) is 0 Å². The zero-order valence-electron chi connectivity index (χ0n) is 15.4. The molecule has 1 aromatic rings. The fourth-order valence-corrected chi connectivity index (χ4v) is 3.59. The molecule has 0 aromatic carbocycles. The Morgan fingerprint density at radius 1 is 1.15 bits per heavy atom. The fraction of sp³-hybridized carbons (Fsp3) is 0.824. The van der Waals surface area contributed by atoms with Crippen LogP contribution in [0.5, 0.6) is 0 Å². The Hall–Kier alpha value is -0.890. The van der Waals surface area contributed by atoms with Gasteiger partial charge in [-0.25, -0.2) is 4.68 Å². The average molecular weight is 407 g/mol. The second-order valence-electron chi connectivity index (χ2n) is 6.93. The molecule has 3 rings (SSSR count). The van der Waals surface area contributed by atoms with E-state index < -0.39 is 0 Å². The number of piperidine rings is 1. The molecule has 0 saturated carbocycles. The Bertz CT molecular complexity index is 513. The lowest BCUT2D eigenvalue weighted by Gasteiger charge is -2.22. The number of nitrogens with one attached hydrogen (secondary N) is 2. The van der Waals surface area contributed by atoms with E-state index >= 15 is 0 Å². The lowest BCUT2D eigenvalue weighted by atomic mass is 10.1. The summed E-state index contributed by atoms with van der Waals surface area (Å²) in [5, 5.41) is 14.5. The van der Waals surface area contributed by atoms with E-state index in [1.54, 1.807) is 6.20 Å². The molecule has 150 valence electrons. The van der Waals surface area contributed by atoms with Crippen LogP contribution in [0.4, 0.5) is 0 Å². The second kappa shape index (κ2) is 12.5. The molecule has 3 heterocycles. The van der Waals surface area contributed by atoms with E-state index in [0.717, 1.165) is 38.9 Å². The summed E-state index contributed by atoms with van der Waals surface area (Å²) in [6, 6.07) is 0.364. The van der Waals surface area contributed by atoms with Crippen molar-refractivity contribution in [2.45, 2.75) is 51.0 Å². The van der Waals surface area contributed by atoms with Gasteiger partial charge in [0.1, 0.15) is 0 Å². The Morgan fingerprint density at radius 2 is 1.85 bits per heavy atom. The SMILES string of the molecule is Cl.Cl.O=C(NCCCN1CCCCCC1)c1cn(C2CCNCC2)nn1. The van der Waals surface area contributed by atoms with Crippen molar-refractivity contribution in [2.24, 2.45) is 0 Å². The van der Waals surface area contributed by atoms with Crippen molar-refractivity contribution in [2.75, 3.05) is 39.3 Å². The van der Waals surface area contributed by atoms with E-state index in [1.807, 2.05) is 4.68 Å². The van der Waals surface area contributed by atoms with E-state index in [1.165, 1.54) is 38.8 Å². The summed E-state index contributed by atoms with van der Waals surface area (Å²) in [5.41, 5.74) is 0.434. The third-order valence-electron chi connectivity index (χ3n) is 5.06. The molecule has 2 saturated heterocycles. The summed E-state index contributed by atoms with van der Waals surface area (Å²) in [7, 11) is 0. The van der Waals surface area contributed by atoms with Crippen molar-refractivity contribution < 1.29 is 4.79 Å². The van der Waals surface area contributed by atoms with Gasteiger partial charge in [-0.2, -0.15) is 0 Å². The van der Waals surface area contributed by atoms with Gasteiger partial charge in [-0.15, -0.1) is 29.9 Å². The number of amides is 1. The van der Waals surface area contributed by atoms with E-state index in [-0.39, 0.29) is 30.7 Å². The number of hydrogen-bond acceptors (Lipinski definition) is 5. The van der Waals surface area contributed by atoms with Crippen molar-refractivity contribution in [1.82, 2.24) is 30.5 Å². The van der Waals surface area contributed by atoms with Gasteiger partial charge in [0.15, 0.2) is 5.69 Å². The number of likely N-dealkylation sites (tertiary alicyclic amines) is 1. The van der Waals surface area contributed by atoms with Crippen LogP contribution < -0.4 is 10.6 Å². The molecule has 2 aliphatic rings. The summed E-state index contributed by atoms with van der Waals surface area (Å²) >= 11 is 0. The van der Waals surface area contributed by atoms with Gasteiger partial charge in [-0.1, -0.05) is 18.1 Å². The van der Waals surface area contributed by atoms with Crippen LogP contribution >= 0.6 is 24.8 Å². The highest BCUT2D eigenvalue weighted by molar-refractivity contribution is 5.91. The van der Waals surface area contributed by atoms with Crippen molar-refractivity contribution >= 4 is 30.7 Å². The number of hydrogen-bond donors (Lipinski definition) is 2. The predicted molar refractivity (Wildman–Crippen MR) is 108 cm³/mol. The molecule has 0 aliphatic carbocycles. The van der Waals surface area contributed by atoms with Crippen LogP contribution in [0.3, 0.4) is 0 Å². The number of halogens is 2. The smallest absolute Gasteiger partial charge is 0.273 e. The van der Waals surface area contributed by atoms with E-state index in [9.17, 15) is 4.79 Å². The quantitative estimate of drug-likeness (QED) is 0.706. The first-order valence-corrected chi connectivity index (χ1v) is 9.46. The standard InChI is InChI=1S/C17H30N6O.2ClH/c24-17(19-8-5-13-22-11-3-1-2-4-12-22)16-14-23(21-20-16)15-6-9-18-10-7-15;;/h14-15,18H,1-13H2,(H,19,24);2*1H. The monoisotopic (exact) mass is 406 g/mol. The van der Waals surface area contributed by atoms with Gasteiger partial charge in [0.2, 0.25) is 0 Å². The number of aromatic nitrogens is 3. The van der Waals surface area contributed by atoms with Crippen LogP contribution in [-0.4, -0.2) is 65.1 Å². The molecule has 2 N–H and O–H groups in total. The first-order valence-electron chi connectivity index (χ1n) is 9.46. The van der Waals surface area contributed by atoms with Crippen molar-refractivity contribution in [1.29, 1.82) is 0 Å². The predicted octanol–water partition coefficient (Wildman–Crippen LogP) is 2.04. The minimum Gasteiger partial charge on any atom is -0.351 e. The molecule has 9 heteroatoms.